The highest BCUT2D eigenvalue weighted by atomic mass is 35.5. The van der Waals surface area contributed by atoms with E-state index in [1.54, 1.807) is 7.11 Å². The van der Waals surface area contributed by atoms with Crippen molar-refractivity contribution in [3.63, 3.8) is 0 Å². The van der Waals surface area contributed by atoms with Gasteiger partial charge in [0, 0.05) is 5.88 Å². The molecular formula is C15H21ClO. The fourth-order valence-electron chi connectivity index (χ4n) is 2.89. The Kier molecular flexibility index (Phi) is 4.73. The van der Waals surface area contributed by atoms with Gasteiger partial charge in [-0.1, -0.05) is 18.6 Å². The maximum atomic E-state index is 5.75. The Morgan fingerprint density at radius 2 is 2.24 bits per heavy atom. The van der Waals surface area contributed by atoms with E-state index < -0.39 is 0 Å². The van der Waals surface area contributed by atoms with E-state index in [9.17, 15) is 0 Å². The number of hydrogen-bond donors (Lipinski definition) is 0. The van der Waals surface area contributed by atoms with E-state index in [1.165, 1.54) is 43.2 Å². The second kappa shape index (κ2) is 6.30. The minimum atomic E-state index is 0.720. The molecule has 0 bridgehead atoms. The smallest absolute Gasteiger partial charge is 0.122 e. The Balaban J connectivity index is 2.13. The minimum Gasteiger partial charge on any atom is -0.496 e. The van der Waals surface area contributed by atoms with Crippen LogP contribution in [-0.2, 0) is 6.42 Å². The first kappa shape index (κ1) is 12.8. The molecule has 0 N–H and O–H groups in total. The monoisotopic (exact) mass is 252 g/mol. The van der Waals surface area contributed by atoms with Crippen LogP contribution in [0.25, 0.3) is 0 Å². The lowest BCUT2D eigenvalue weighted by Gasteiger charge is -2.26. The van der Waals surface area contributed by atoms with Crippen LogP contribution >= 0.6 is 11.6 Å². The fraction of sp³-hybridized carbons (Fsp3) is 0.600. The summed E-state index contributed by atoms with van der Waals surface area (Å²) in [4.78, 5) is 0. The summed E-state index contributed by atoms with van der Waals surface area (Å²) in [6.07, 6.45) is 7.43. The molecule has 0 radical (unpaired) electrons. The van der Waals surface area contributed by atoms with Crippen LogP contribution < -0.4 is 4.74 Å². The van der Waals surface area contributed by atoms with Crippen molar-refractivity contribution in [2.45, 2.75) is 44.4 Å². The van der Waals surface area contributed by atoms with Crippen molar-refractivity contribution < 1.29 is 4.74 Å². The number of alkyl halides is 1. The third-order valence-corrected chi connectivity index (χ3v) is 4.01. The number of methoxy groups -OCH3 is 1. The number of unbranched alkanes of at least 4 members (excludes halogenated alkanes) is 1. The highest BCUT2D eigenvalue weighted by Gasteiger charge is 2.21. The average Bonchev–Trinajstić information content (AvgIpc) is 2.38. The second-order valence-corrected chi connectivity index (χ2v) is 5.18. The molecule has 0 amide bonds. The predicted octanol–water partition coefficient (Wildman–Crippen LogP) is 4.52. The first-order chi connectivity index (χ1) is 8.36. The van der Waals surface area contributed by atoms with Gasteiger partial charge in [0.1, 0.15) is 5.75 Å². The molecule has 94 valence electrons. The lowest BCUT2D eigenvalue weighted by Crippen LogP contribution is -2.11. The van der Waals surface area contributed by atoms with Crippen LogP contribution in [0.5, 0.6) is 5.75 Å². The molecule has 2 heteroatoms. The highest BCUT2D eigenvalue weighted by molar-refractivity contribution is 6.17. The second-order valence-electron chi connectivity index (χ2n) is 4.80. The van der Waals surface area contributed by atoms with Gasteiger partial charge in [0.25, 0.3) is 0 Å². The molecule has 1 atom stereocenters. The Bertz CT molecular complexity index is 362. The number of ether oxygens (including phenoxy) is 1. The van der Waals surface area contributed by atoms with Crippen molar-refractivity contribution in [1.29, 1.82) is 0 Å². The zero-order chi connectivity index (χ0) is 12.1. The summed E-state index contributed by atoms with van der Waals surface area (Å²) in [7, 11) is 1.77. The van der Waals surface area contributed by atoms with Crippen molar-refractivity contribution in [2.75, 3.05) is 13.0 Å². The predicted molar refractivity (Wildman–Crippen MR) is 73.2 cm³/mol. The molecule has 0 aliphatic heterocycles. The van der Waals surface area contributed by atoms with Crippen molar-refractivity contribution in [2.24, 2.45) is 0 Å². The summed E-state index contributed by atoms with van der Waals surface area (Å²) < 4.78 is 5.47. The Labute approximate surface area is 109 Å². The summed E-state index contributed by atoms with van der Waals surface area (Å²) in [5.41, 5.74) is 2.96. The van der Waals surface area contributed by atoms with Crippen LogP contribution in [0, 0.1) is 0 Å². The normalized spacial score (nSPS) is 18.8. The third-order valence-electron chi connectivity index (χ3n) is 3.74. The van der Waals surface area contributed by atoms with Crippen LogP contribution in [0.2, 0.25) is 0 Å². The molecule has 1 aromatic rings. The average molecular weight is 253 g/mol. The number of hydrogen-bond acceptors (Lipinski definition) is 1. The van der Waals surface area contributed by atoms with Gasteiger partial charge < -0.3 is 4.74 Å². The zero-order valence-corrected chi connectivity index (χ0v) is 11.3. The van der Waals surface area contributed by atoms with Crippen molar-refractivity contribution in [1.82, 2.24) is 0 Å². The van der Waals surface area contributed by atoms with Gasteiger partial charge in [0.05, 0.1) is 7.11 Å². The molecule has 0 unspecified atom stereocenters. The SMILES string of the molecule is COc1cccc2c1CCC[C@H]2CCCCCl. The first-order valence-corrected chi connectivity index (χ1v) is 7.12. The zero-order valence-electron chi connectivity index (χ0n) is 10.5. The lowest BCUT2D eigenvalue weighted by molar-refractivity contribution is 0.400. The molecule has 1 aromatic carbocycles. The molecule has 0 aromatic heterocycles. The summed E-state index contributed by atoms with van der Waals surface area (Å²) in [6, 6.07) is 6.49. The maximum Gasteiger partial charge on any atom is 0.122 e. The molecule has 0 saturated heterocycles. The molecule has 1 aliphatic carbocycles. The van der Waals surface area contributed by atoms with Crippen LogP contribution in [0.1, 0.15) is 49.1 Å². The van der Waals surface area contributed by atoms with Crippen molar-refractivity contribution in [3.05, 3.63) is 29.3 Å². The summed E-state index contributed by atoms with van der Waals surface area (Å²) in [5.74, 6) is 2.58. The topological polar surface area (TPSA) is 9.23 Å². The van der Waals surface area contributed by atoms with Gasteiger partial charge in [-0.3, -0.25) is 0 Å². The number of fused-ring (bicyclic) bond motifs is 1. The molecule has 17 heavy (non-hydrogen) atoms. The molecule has 0 fully saturated rings. The van der Waals surface area contributed by atoms with Crippen LogP contribution in [0.3, 0.4) is 0 Å². The first-order valence-electron chi connectivity index (χ1n) is 6.58. The van der Waals surface area contributed by atoms with Crippen LogP contribution in [0.4, 0.5) is 0 Å². The quantitative estimate of drug-likeness (QED) is 0.553. The van der Waals surface area contributed by atoms with E-state index in [2.05, 4.69) is 18.2 Å². The molecule has 0 heterocycles. The van der Waals surface area contributed by atoms with E-state index in [4.69, 9.17) is 16.3 Å². The van der Waals surface area contributed by atoms with Gasteiger partial charge in [-0.15, -0.1) is 11.6 Å². The summed E-state index contributed by atoms with van der Waals surface area (Å²) >= 11 is 5.75. The molecular weight excluding hydrogens is 232 g/mol. The number of halogens is 1. The third kappa shape index (κ3) is 2.95. The largest absolute Gasteiger partial charge is 0.496 e. The van der Waals surface area contributed by atoms with E-state index in [1.807, 2.05) is 0 Å². The van der Waals surface area contributed by atoms with Crippen molar-refractivity contribution in [3.8, 4) is 5.75 Å². The summed E-state index contributed by atoms with van der Waals surface area (Å²) in [6.45, 7) is 0. The van der Waals surface area contributed by atoms with Gasteiger partial charge in [-0.05, 0) is 55.2 Å². The van der Waals surface area contributed by atoms with Gasteiger partial charge in [0.15, 0.2) is 0 Å². The Hall–Kier alpha value is -0.690. The Morgan fingerprint density at radius 3 is 3.00 bits per heavy atom. The van der Waals surface area contributed by atoms with Gasteiger partial charge in [-0.2, -0.15) is 0 Å². The highest BCUT2D eigenvalue weighted by Crippen LogP contribution is 2.38. The molecule has 1 nitrogen and oxygen atoms in total. The number of benzene rings is 1. The fourth-order valence-corrected chi connectivity index (χ4v) is 3.08. The van der Waals surface area contributed by atoms with Gasteiger partial charge in [0.2, 0.25) is 0 Å². The molecule has 0 saturated carbocycles. The summed E-state index contributed by atoms with van der Waals surface area (Å²) in [5, 5.41) is 0. The van der Waals surface area contributed by atoms with E-state index in [0.717, 1.165) is 24.0 Å². The van der Waals surface area contributed by atoms with E-state index in [0.29, 0.717) is 0 Å². The molecule has 2 rings (SSSR count). The molecule has 0 spiro atoms. The molecule has 1 aliphatic rings. The standard InChI is InChI=1S/C15H21ClO/c1-17-15-10-5-8-13-12(6-2-3-11-16)7-4-9-14(13)15/h5,8,10,12H,2-4,6-7,9,11H2,1H3/t12-/m1/s1. The lowest BCUT2D eigenvalue weighted by atomic mass is 9.80. The number of rotatable bonds is 5. The van der Waals surface area contributed by atoms with E-state index in [-0.39, 0.29) is 0 Å². The Morgan fingerprint density at radius 1 is 1.35 bits per heavy atom. The van der Waals surface area contributed by atoms with Crippen LogP contribution in [0.15, 0.2) is 18.2 Å². The van der Waals surface area contributed by atoms with Crippen molar-refractivity contribution >= 4 is 11.6 Å². The van der Waals surface area contributed by atoms with Gasteiger partial charge >= 0.3 is 0 Å². The minimum absolute atomic E-state index is 0.720. The van der Waals surface area contributed by atoms with Gasteiger partial charge in [-0.25, -0.2) is 0 Å². The maximum absolute atomic E-state index is 5.75. The van der Waals surface area contributed by atoms with Crippen LogP contribution in [-0.4, -0.2) is 13.0 Å². The van der Waals surface area contributed by atoms with E-state index >= 15 is 0 Å².